The van der Waals surface area contributed by atoms with E-state index in [1.165, 1.54) is 7.11 Å². The minimum absolute atomic E-state index is 0.481. The molecule has 7 nitrogen and oxygen atoms in total. The number of hydrogen-bond acceptors (Lipinski definition) is 8. The van der Waals surface area contributed by atoms with Crippen molar-refractivity contribution in [1.82, 2.24) is 0 Å². The van der Waals surface area contributed by atoms with Gasteiger partial charge in [0.2, 0.25) is 6.79 Å². The van der Waals surface area contributed by atoms with Crippen LogP contribution in [0.1, 0.15) is 34.6 Å². The lowest BCUT2D eigenvalue weighted by molar-refractivity contribution is -0.160. The van der Waals surface area contributed by atoms with Crippen LogP contribution in [0.3, 0.4) is 0 Å². The first-order chi connectivity index (χ1) is 9.41. The molecule has 0 aromatic heterocycles. The molecule has 21 heavy (non-hydrogen) atoms. The number of rotatable bonds is 5. The predicted molar refractivity (Wildman–Crippen MR) is 78.6 cm³/mol. The second kappa shape index (κ2) is 7.65. The van der Waals surface area contributed by atoms with Crippen LogP contribution < -0.4 is 5.73 Å². The first-order valence-electron chi connectivity index (χ1n) is 6.28. The molecule has 0 radical (unpaired) electrons. The summed E-state index contributed by atoms with van der Waals surface area (Å²) >= 11 is 0.735. The van der Waals surface area contributed by atoms with Gasteiger partial charge in [-0.3, -0.25) is 9.59 Å². The summed E-state index contributed by atoms with van der Waals surface area (Å²) in [5.74, 6) is -1.11. The molecule has 1 atom stereocenters. The van der Waals surface area contributed by atoms with Crippen LogP contribution in [0.4, 0.5) is 4.79 Å². The molecule has 2 N–H and O–H groups in total. The van der Waals surface area contributed by atoms with Crippen LogP contribution in [-0.2, 0) is 23.8 Å². The molecule has 0 saturated heterocycles. The summed E-state index contributed by atoms with van der Waals surface area (Å²) in [6.07, 6.45) is 0. The van der Waals surface area contributed by atoms with Crippen molar-refractivity contribution in [2.75, 3.05) is 13.9 Å². The molecule has 0 bridgehead atoms. The van der Waals surface area contributed by atoms with Gasteiger partial charge in [0, 0.05) is 4.75 Å². The Morgan fingerprint density at radius 1 is 1.10 bits per heavy atom. The zero-order chi connectivity index (χ0) is 16.8. The molecule has 0 aliphatic rings. The molecule has 8 heteroatoms. The number of methoxy groups -OCH3 is 1. The third kappa shape index (κ3) is 6.81. The Morgan fingerprint density at radius 2 is 1.62 bits per heavy atom. The zero-order valence-electron chi connectivity index (χ0n) is 13.2. The zero-order valence-corrected chi connectivity index (χ0v) is 14.0. The molecule has 0 heterocycles. The molecule has 0 aromatic rings. The highest BCUT2D eigenvalue weighted by molar-refractivity contribution is 8.14. The summed E-state index contributed by atoms with van der Waals surface area (Å²) in [4.78, 5) is 34.5. The van der Waals surface area contributed by atoms with E-state index in [1.54, 1.807) is 34.6 Å². The van der Waals surface area contributed by atoms with Crippen LogP contribution in [0.15, 0.2) is 0 Å². The molecule has 0 rings (SSSR count). The van der Waals surface area contributed by atoms with E-state index in [-0.39, 0.29) is 0 Å². The normalized spacial score (nSPS) is 13.3. The molecule has 0 aliphatic carbocycles. The van der Waals surface area contributed by atoms with Crippen molar-refractivity contribution < 1.29 is 28.6 Å². The first-order valence-corrected chi connectivity index (χ1v) is 7.10. The molecule has 0 aliphatic heterocycles. The van der Waals surface area contributed by atoms with Crippen molar-refractivity contribution in [1.29, 1.82) is 0 Å². The number of carbonyl (C=O) groups is 3. The maximum absolute atomic E-state index is 11.6. The maximum Gasteiger partial charge on any atom is 0.370 e. The van der Waals surface area contributed by atoms with Crippen molar-refractivity contribution in [2.24, 2.45) is 11.1 Å². The molecule has 0 fully saturated rings. The molecule has 0 spiro atoms. The Balaban J connectivity index is 4.32. The summed E-state index contributed by atoms with van der Waals surface area (Å²) in [5, 5.41) is -0.693. The van der Waals surface area contributed by atoms with Gasteiger partial charge in [0.15, 0.2) is 0 Å². The van der Waals surface area contributed by atoms with Crippen molar-refractivity contribution in [3.8, 4) is 0 Å². The molecule has 122 valence electrons. The fourth-order valence-electron chi connectivity index (χ4n) is 1.07. The minimum Gasteiger partial charge on any atom is -0.468 e. The van der Waals surface area contributed by atoms with E-state index < -0.39 is 40.2 Å². The number of carbonyl (C=O) groups excluding carboxylic acids is 3. The van der Waals surface area contributed by atoms with E-state index in [4.69, 9.17) is 15.2 Å². The fraction of sp³-hybridized carbons (Fsp3) is 0.769. The second-order valence-electron chi connectivity index (χ2n) is 5.90. The molecule has 0 saturated carbocycles. The van der Waals surface area contributed by atoms with Crippen molar-refractivity contribution in [3.05, 3.63) is 0 Å². The lowest BCUT2D eigenvalue weighted by Gasteiger charge is -2.27. The van der Waals surface area contributed by atoms with E-state index in [9.17, 15) is 14.4 Å². The summed E-state index contributed by atoms with van der Waals surface area (Å²) in [7, 11) is 1.22. The van der Waals surface area contributed by atoms with Crippen LogP contribution in [-0.4, -0.2) is 41.9 Å². The number of ether oxygens (including phenoxy) is 3. The van der Waals surface area contributed by atoms with Gasteiger partial charge in [0.05, 0.1) is 12.5 Å². The monoisotopic (exact) mass is 321 g/mol. The molecule has 0 unspecified atom stereocenters. The van der Waals surface area contributed by atoms with E-state index >= 15 is 0 Å². The number of esters is 2. The van der Waals surface area contributed by atoms with Gasteiger partial charge in [-0.05, 0) is 46.4 Å². The number of hydrogen-bond donors (Lipinski definition) is 1. The van der Waals surface area contributed by atoms with Crippen LogP contribution in [0, 0.1) is 5.41 Å². The van der Waals surface area contributed by atoms with Crippen LogP contribution in [0.2, 0.25) is 0 Å². The lowest BCUT2D eigenvalue weighted by atomic mass is 9.98. The van der Waals surface area contributed by atoms with Gasteiger partial charge >= 0.3 is 17.2 Å². The highest BCUT2D eigenvalue weighted by Gasteiger charge is 2.36. The maximum atomic E-state index is 11.6. The first kappa shape index (κ1) is 19.7. The molecule has 0 amide bonds. The van der Waals surface area contributed by atoms with Crippen LogP contribution >= 0.6 is 11.8 Å². The standard InChI is InChI=1S/C13H23NO6S/c1-12(2,3)10(16)19-7-20-11(17)21-13(4,5)8(14)9(15)18-6/h8H,7,14H2,1-6H3/t8-/m0/s1. The predicted octanol–water partition coefficient (Wildman–Crippen LogP) is 1.68. The summed E-state index contributed by atoms with van der Waals surface area (Å²) < 4.78 is 13.2. The van der Waals surface area contributed by atoms with E-state index in [0.29, 0.717) is 0 Å². The van der Waals surface area contributed by atoms with Crippen molar-refractivity contribution in [3.63, 3.8) is 0 Å². The van der Waals surface area contributed by atoms with Gasteiger partial charge in [-0.15, -0.1) is 0 Å². The van der Waals surface area contributed by atoms with Gasteiger partial charge in [-0.1, -0.05) is 0 Å². The van der Waals surface area contributed by atoms with E-state index in [1.807, 2.05) is 0 Å². The Labute approximate surface area is 128 Å². The number of nitrogens with two attached hydrogens (primary N) is 1. The van der Waals surface area contributed by atoms with Crippen LogP contribution in [0.5, 0.6) is 0 Å². The lowest BCUT2D eigenvalue weighted by Crippen LogP contribution is -2.48. The second-order valence-corrected chi connectivity index (χ2v) is 7.49. The van der Waals surface area contributed by atoms with E-state index in [2.05, 4.69) is 4.74 Å². The highest BCUT2D eigenvalue weighted by atomic mass is 32.2. The van der Waals surface area contributed by atoms with Gasteiger partial charge in [-0.2, -0.15) is 0 Å². The average molecular weight is 321 g/mol. The van der Waals surface area contributed by atoms with Crippen LogP contribution in [0.25, 0.3) is 0 Å². The Bertz CT molecular complexity index is 402. The van der Waals surface area contributed by atoms with Crippen molar-refractivity contribution >= 4 is 29.0 Å². The minimum atomic E-state index is -0.989. The van der Waals surface area contributed by atoms with Gasteiger partial charge < -0.3 is 19.9 Å². The van der Waals surface area contributed by atoms with Crippen molar-refractivity contribution in [2.45, 2.75) is 45.4 Å². The SMILES string of the molecule is COC(=O)[C@H](N)C(C)(C)SC(=O)OCOC(=O)C(C)(C)C. The Morgan fingerprint density at radius 3 is 2.05 bits per heavy atom. The van der Waals surface area contributed by atoms with Gasteiger partial charge in [0.1, 0.15) is 6.04 Å². The summed E-state index contributed by atoms with van der Waals surface area (Å²) in [6, 6.07) is -0.989. The summed E-state index contributed by atoms with van der Waals surface area (Å²) in [6.45, 7) is 7.80. The highest BCUT2D eigenvalue weighted by Crippen LogP contribution is 2.29. The Kier molecular flexibility index (Phi) is 7.18. The number of thioether (sulfide) groups is 1. The molecule has 0 aromatic carbocycles. The summed E-state index contributed by atoms with van der Waals surface area (Å²) in [5.41, 5.74) is 5.02. The molecular weight excluding hydrogens is 298 g/mol. The third-order valence-corrected chi connectivity index (χ3v) is 3.59. The smallest absolute Gasteiger partial charge is 0.370 e. The van der Waals surface area contributed by atoms with Gasteiger partial charge in [-0.25, -0.2) is 4.79 Å². The Hall–Kier alpha value is -1.28. The fourth-order valence-corrected chi connectivity index (χ4v) is 1.83. The largest absolute Gasteiger partial charge is 0.468 e. The van der Waals surface area contributed by atoms with Gasteiger partial charge in [0.25, 0.3) is 0 Å². The third-order valence-electron chi connectivity index (χ3n) is 2.53. The quantitative estimate of drug-likeness (QED) is 0.602. The van der Waals surface area contributed by atoms with E-state index in [0.717, 1.165) is 11.8 Å². The average Bonchev–Trinajstić information content (AvgIpc) is 2.34. The molecular formula is C13H23NO6S. The topological polar surface area (TPSA) is 105 Å².